The first-order valence-electron chi connectivity index (χ1n) is 11.1. The van der Waals surface area contributed by atoms with Crippen molar-refractivity contribution in [1.82, 2.24) is 4.65 Å². The number of esters is 2. The van der Waals surface area contributed by atoms with Crippen molar-refractivity contribution in [3.63, 3.8) is 0 Å². The molecule has 0 radical (unpaired) electrons. The highest BCUT2D eigenvalue weighted by molar-refractivity contribution is 6.16. The minimum Gasteiger partial charge on any atom is -0.508 e. The lowest BCUT2D eigenvalue weighted by atomic mass is 9.77. The zero-order chi connectivity index (χ0) is 25.4. The Bertz CT molecular complexity index is 1530. The average Bonchev–Trinajstić information content (AvgIpc) is 3.28. The van der Waals surface area contributed by atoms with E-state index in [-0.39, 0.29) is 52.7 Å². The SMILES string of the molecule is CC(=O)Oc1ccc2c(c1)Oc1cc(O)ccc1C21OC(=O)c2c1cccc2[N+]1(O)C(=O)CCC1=O. The second-order valence-electron chi connectivity index (χ2n) is 8.73. The van der Waals surface area contributed by atoms with Crippen LogP contribution in [0.25, 0.3) is 0 Å². The molecule has 2 N–H and O–H groups in total. The first-order chi connectivity index (χ1) is 17.2. The number of carbonyl (C=O) groups is 4. The topological polar surface area (TPSA) is 136 Å². The molecule has 1 saturated heterocycles. The van der Waals surface area contributed by atoms with Crippen molar-refractivity contribution in [2.24, 2.45) is 0 Å². The highest BCUT2D eigenvalue weighted by Crippen LogP contribution is 2.58. The van der Waals surface area contributed by atoms with Crippen molar-refractivity contribution < 1.29 is 43.7 Å². The molecule has 0 saturated carbocycles. The number of phenolic OH excluding ortho intramolecular Hbond substituents is 1. The maximum Gasteiger partial charge on any atom is 0.359 e. The van der Waals surface area contributed by atoms with Crippen LogP contribution in [-0.4, -0.2) is 34.1 Å². The van der Waals surface area contributed by atoms with E-state index in [9.17, 15) is 29.5 Å². The third-order valence-corrected chi connectivity index (χ3v) is 6.65. The number of carbonyl (C=O) groups excluding carboxylic acids is 4. The summed E-state index contributed by atoms with van der Waals surface area (Å²) in [4.78, 5) is 50.1. The number of hydrogen-bond donors (Lipinski definition) is 2. The van der Waals surface area contributed by atoms with Crippen molar-refractivity contribution in [3.8, 4) is 23.0 Å². The van der Waals surface area contributed by atoms with Crippen LogP contribution < -0.4 is 14.1 Å². The Kier molecular flexibility index (Phi) is 4.41. The fraction of sp³-hybridized carbons (Fsp3) is 0.154. The fourth-order valence-electron chi connectivity index (χ4n) is 5.17. The van der Waals surface area contributed by atoms with Gasteiger partial charge in [0.2, 0.25) is 0 Å². The second-order valence-corrected chi connectivity index (χ2v) is 8.73. The van der Waals surface area contributed by atoms with Crippen LogP contribution in [0.3, 0.4) is 0 Å². The highest BCUT2D eigenvalue weighted by Gasteiger charge is 2.60. The number of phenols is 1. The van der Waals surface area contributed by atoms with E-state index in [0.717, 1.165) is 0 Å². The molecular formula is C26H18NO9+. The van der Waals surface area contributed by atoms with Crippen LogP contribution in [0, 0.1) is 0 Å². The Morgan fingerprint density at radius 3 is 2.31 bits per heavy atom. The molecule has 1 fully saturated rings. The molecule has 1 unspecified atom stereocenters. The number of imide groups is 1. The van der Waals surface area contributed by atoms with Gasteiger partial charge in [-0.05, 0) is 28.9 Å². The predicted molar refractivity (Wildman–Crippen MR) is 120 cm³/mol. The van der Waals surface area contributed by atoms with Crippen LogP contribution in [-0.2, 0) is 24.7 Å². The molecule has 36 heavy (non-hydrogen) atoms. The molecule has 0 aliphatic carbocycles. The smallest absolute Gasteiger partial charge is 0.359 e. The number of aromatic hydroxyl groups is 1. The Morgan fingerprint density at radius 2 is 1.61 bits per heavy atom. The van der Waals surface area contributed by atoms with Gasteiger partial charge < -0.3 is 19.3 Å². The van der Waals surface area contributed by atoms with Gasteiger partial charge in [-0.1, -0.05) is 12.1 Å². The Morgan fingerprint density at radius 1 is 0.944 bits per heavy atom. The summed E-state index contributed by atoms with van der Waals surface area (Å²) in [5.41, 5.74) is -0.865. The molecule has 0 bridgehead atoms. The minimum absolute atomic E-state index is 0.102. The molecule has 6 rings (SSSR count). The Balaban J connectivity index is 1.65. The summed E-state index contributed by atoms with van der Waals surface area (Å²) in [6, 6.07) is 13.3. The lowest BCUT2D eigenvalue weighted by Gasteiger charge is -2.36. The number of hydrogen-bond acceptors (Lipinski definition) is 9. The van der Waals surface area contributed by atoms with Crippen molar-refractivity contribution in [1.29, 1.82) is 0 Å². The lowest BCUT2D eigenvalue weighted by molar-refractivity contribution is -0.168. The molecule has 1 spiro atoms. The van der Waals surface area contributed by atoms with E-state index in [0.29, 0.717) is 11.1 Å². The summed E-state index contributed by atoms with van der Waals surface area (Å²) in [6.45, 7) is 1.25. The fourth-order valence-corrected chi connectivity index (χ4v) is 5.17. The summed E-state index contributed by atoms with van der Waals surface area (Å²) < 4.78 is 15.6. The van der Waals surface area contributed by atoms with Crippen molar-refractivity contribution in [2.45, 2.75) is 25.4 Å². The molecule has 3 heterocycles. The number of hydroxylamine groups is 2. The van der Waals surface area contributed by atoms with E-state index in [2.05, 4.69) is 0 Å². The van der Waals surface area contributed by atoms with E-state index in [4.69, 9.17) is 14.2 Å². The van der Waals surface area contributed by atoms with Crippen LogP contribution in [0.1, 0.15) is 46.8 Å². The number of quaternary nitrogens is 1. The first-order valence-corrected chi connectivity index (χ1v) is 11.1. The van der Waals surface area contributed by atoms with Gasteiger partial charge in [-0.3, -0.25) is 4.79 Å². The van der Waals surface area contributed by atoms with Gasteiger partial charge in [-0.2, -0.15) is 5.21 Å². The van der Waals surface area contributed by atoms with Gasteiger partial charge in [0.25, 0.3) is 0 Å². The van der Waals surface area contributed by atoms with E-state index in [1.54, 1.807) is 12.1 Å². The van der Waals surface area contributed by atoms with Crippen LogP contribution >= 0.6 is 0 Å². The average molecular weight is 488 g/mol. The predicted octanol–water partition coefficient (Wildman–Crippen LogP) is 3.43. The number of fused-ring (bicyclic) bond motifs is 6. The van der Waals surface area contributed by atoms with Crippen molar-refractivity contribution in [2.75, 3.05) is 0 Å². The number of ether oxygens (including phenoxy) is 3. The highest BCUT2D eigenvalue weighted by atomic mass is 16.6. The Hall–Kier alpha value is -4.54. The quantitative estimate of drug-likeness (QED) is 0.183. The van der Waals surface area contributed by atoms with Gasteiger partial charge in [0.15, 0.2) is 11.3 Å². The molecule has 1 atom stereocenters. The third kappa shape index (κ3) is 2.73. The molecule has 3 aliphatic rings. The van der Waals surface area contributed by atoms with Gasteiger partial charge in [0.05, 0.1) is 12.8 Å². The van der Waals surface area contributed by atoms with E-state index < -0.39 is 34.0 Å². The maximum atomic E-state index is 13.4. The normalized spacial score (nSPS) is 20.9. The molecule has 3 aromatic rings. The summed E-state index contributed by atoms with van der Waals surface area (Å²) in [6.07, 6.45) is -0.312. The molecule has 0 aromatic heterocycles. The zero-order valence-corrected chi connectivity index (χ0v) is 18.8. The molecule has 180 valence electrons. The van der Waals surface area contributed by atoms with E-state index in [1.165, 1.54) is 49.4 Å². The van der Waals surface area contributed by atoms with Gasteiger partial charge in [-0.15, -0.1) is 0 Å². The third-order valence-electron chi connectivity index (χ3n) is 6.65. The van der Waals surface area contributed by atoms with Crippen LogP contribution in [0.4, 0.5) is 5.69 Å². The number of rotatable bonds is 2. The lowest BCUT2D eigenvalue weighted by Crippen LogP contribution is -2.51. The van der Waals surface area contributed by atoms with Gasteiger partial charge in [0, 0.05) is 41.8 Å². The van der Waals surface area contributed by atoms with Crippen molar-refractivity contribution in [3.05, 3.63) is 76.9 Å². The second kappa shape index (κ2) is 7.23. The summed E-state index contributed by atoms with van der Waals surface area (Å²) in [7, 11) is 0. The Labute approximate surface area is 203 Å². The monoisotopic (exact) mass is 488 g/mol. The molecule has 3 aromatic carbocycles. The van der Waals surface area contributed by atoms with Crippen molar-refractivity contribution >= 4 is 29.4 Å². The van der Waals surface area contributed by atoms with Crippen LogP contribution in [0.2, 0.25) is 0 Å². The largest absolute Gasteiger partial charge is 0.508 e. The molecular weight excluding hydrogens is 470 g/mol. The maximum absolute atomic E-state index is 13.4. The first kappa shape index (κ1) is 22.0. The number of benzene rings is 3. The number of nitrogens with zero attached hydrogens (tertiary/aromatic N) is 1. The molecule has 10 nitrogen and oxygen atoms in total. The summed E-state index contributed by atoms with van der Waals surface area (Å²) in [5, 5.41) is 21.2. The number of amides is 2. The van der Waals surface area contributed by atoms with Crippen LogP contribution in [0.15, 0.2) is 54.6 Å². The van der Waals surface area contributed by atoms with E-state index in [1.807, 2.05) is 0 Å². The molecule has 3 aliphatic heterocycles. The minimum atomic E-state index is -1.62. The van der Waals surface area contributed by atoms with Gasteiger partial charge in [-0.25, -0.2) is 14.4 Å². The molecule has 10 heteroatoms. The van der Waals surface area contributed by atoms with E-state index >= 15 is 0 Å². The summed E-state index contributed by atoms with van der Waals surface area (Å²) >= 11 is 0. The standard InChI is InChI=1S/C26H17NO9/c1-13(28)34-15-6-8-17-21(12-15)35-20-11-14(29)5-7-16(20)26(17)18-3-2-4-19(24(18)25(32)36-26)27(33)22(30)9-10-23(27)31/h2-8,11-12,33H,9-10H2,1H3/p+1. The molecule has 2 amide bonds. The van der Waals surface area contributed by atoms with Gasteiger partial charge in [0.1, 0.15) is 28.6 Å². The van der Waals surface area contributed by atoms with Crippen LogP contribution in [0.5, 0.6) is 23.0 Å². The zero-order valence-electron chi connectivity index (χ0n) is 18.8. The summed E-state index contributed by atoms with van der Waals surface area (Å²) in [5.74, 6) is -2.43. The van der Waals surface area contributed by atoms with Gasteiger partial charge >= 0.3 is 23.8 Å².